The van der Waals surface area contributed by atoms with E-state index >= 15 is 0 Å². The lowest BCUT2D eigenvalue weighted by atomic mass is 9.84. The first-order chi connectivity index (χ1) is 13.8. The first-order valence-corrected chi connectivity index (χ1v) is 10.9. The third-order valence-electron chi connectivity index (χ3n) is 6.51. The zero-order valence-corrected chi connectivity index (χ0v) is 16.8. The van der Waals surface area contributed by atoms with Crippen molar-refractivity contribution >= 4 is 11.5 Å². The molecule has 144 valence electrons. The van der Waals surface area contributed by atoms with Crippen LogP contribution in [0.15, 0.2) is 59.5 Å². The quantitative estimate of drug-likeness (QED) is 0.633. The molecular formula is C25H29N3. The largest absolute Gasteiger partial charge is 0.302 e. The van der Waals surface area contributed by atoms with E-state index in [-0.39, 0.29) is 0 Å². The third kappa shape index (κ3) is 3.28. The van der Waals surface area contributed by atoms with Crippen molar-refractivity contribution < 1.29 is 0 Å². The van der Waals surface area contributed by atoms with Gasteiger partial charge in [-0.25, -0.2) is 0 Å². The van der Waals surface area contributed by atoms with Crippen molar-refractivity contribution in [2.75, 3.05) is 4.90 Å². The Hall–Kier alpha value is -2.42. The molecule has 1 aromatic carbocycles. The highest BCUT2D eigenvalue weighted by molar-refractivity contribution is 6.03. The minimum absolute atomic E-state index is 0.384. The molecule has 0 amide bonds. The van der Waals surface area contributed by atoms with Gasteiger partial charge in [-0.2, -0.15) is 0 Å². The van der Waals surface area contributed by atoms with Crippen LogP contribution in [0.25, 0.3) is 11.1 Å². The molecule has 1 fully saturated rings. The van der Waals surface area contributed by atoms with Crippen LogP contribution >= 0.6 is 0 Å². The average Bonchev–Trinajstić information content (AvgIpc) is 2.93. The minimum Gasteiger partial charge on any atom is -0.302 e. The summed E-state index contributed by atoms with van der Waals surface area (Å²) in [6.45, 7) is 2.26. The molecule has 0 bridgehead atoms. The maximum absolute atomic E-state index is 5.10. The first kappa shape index (κ1) is 17.7. The topological polar surface area (TPSA) is 28.5 Å². The highest BCUT2D eigenvalue weighted by atomic mass is 15.2. The van der Waals surface area contributed by atoms with Crippen molar-refractivity contribution in [1.29, 1.82) is 0 Å². The molecule has 1 unspecified atom stereocenters. The summed E-state index contributed by atoms with van der Waals surface area (Å²) in [5.74, 6) is 1.97. The van der Waals surface area contributed by atoms with E-state index in [1.54, 1.807) is 0 Å². The van der Waals surface area contributed by atoms with Crippen LogP contribution in [-0.4, -0.2) is 16.9 Å². The van der Waals surface area contributed by atoms with Gasteiger partial charge in [-0.05, 0) is 73.4 Å². The standard InChI is InChI=1S/C25H29N3/c1-18-9-12-23(19-6-3-2-4-7-19)28-24-13-10-20(22-8-5-15-26-17-22)16-21(24)11-14-25(28)27-18/h5,8,10,12-13,15-19H,2-4,6-7,9,11,14H2,1H3. The number of amidine groups is 1. The van der Waals surface area contributed by atoms with Gasteiger partial charge < -0.3 is 4.90 Å². The van der Waals surface area contributed by atoms with Crippen LogP contribution in [0.3, 0.4) is 0 Å². The summed E-state index contributed by atoms with van der Waals surface area (Å²) in [5.41, 5.74) is 6.77. The third-order valence-corrected chi connectivity index (χ3v) is 6.51. The predicted octanol–water partition coefficient (Wildman–Crippen LogP) is 6.16. The van der Waals surface area contributed by atoms with E-state index in [1.165, 1.54) is 66.0 Å². The van der Waals surface area contributed by atoms with Crippen LogP contribution in [-0.2, 0) is 6.42 Å². The molecule has 28 heavy (non-hydrogen) atoms. The van der Waals surface area contributed by atoms with Crippen LogP contribution < -0.4 is 4.90 Å². The van der Waals surface area contributed by atoms with E-state index in [0.29, 0.717) is 12.0 Å². The molecular weight excluding hydrogens is 342 g/mol. The highest BCUT2D eigenvalue weighted by Gasteiger charge is 2.32. The molecule has 0 radical (unpaired) electrons. The number of fused-ring (bicyclic) bond motifs is 3. The lowest BCUT2D eigenvalue weighted by molar-refractivity contribution is 0.399. The molecule has 2 aliphatic heterocycles. The summed E-state index contributed by atoms with van der Waals surface area (Å²) < 4.78 is 0. The summed E-state index contributed by atoms with van der Waals surface area (Å²) >= 11 is 0. The summed E-state index contributed by atoms with van der Waals surface area (Å²) in [6.07, 6.45) is 16.3. The Morgan fingerprint density at radius 3 is 2.71 bits per heavy atom. The SMILES string of the molecule is CC1CC=C(C2CCCCC2)N2C(=N1)CCc1cc(-c3cccnc3)ccc12. The number of benzene rings is 1. The van der Waals surface area contributed by atoms with Crippen molar-refractivity contribution in [2.45, 2.75) is 64.3 Å². The normalized spacial score (nSPS) is 22.6. The fraction of sp³-hybridized carbons (Fsp3) is 0.440. The molecule has 1 aliphatic carbocycles. The summed E-state index contributed by atoms with van der Waals surface area (Å²) in [5, 5.41) is 0. The molecule has 3 heterocycles. The molecule has 5 rings (SSSR count). The first-order valence-electron chi connectivity index (χ1n) is 10.9. The Kier molecular flexibility index (Phi) is 4.76. The van der Waals surface area contributed by atoms with Gasteiger partial charge in [0.15, 0.2) is 0 Å². The molecule has 3 heteroatoms. The lowest BCUT2D eigenvalue weighted by Gasteiger charge is -2.38. The molecule has 3 nitrogen and oxygen atoms in total. The fourth-order valence-corrected chi connectivity index (χ4v) is 5.06. The Morgan fingerprint density at radius 1 is 1.00 bits per heavy atom. The number of hydrogen-bond donors (Lipinski definition) is 0. The predicted molar refractivity (Wildman–Crippen MR) is 117 cm³/mol. The zero-order valence-electron chi connectivity index (χ0n) is 16.8. The van der Waals surface area contributed by atoms with E-state index in [2.05, 4.69) is 47.1 Å². The van der Waals surface area contributed by atoms with Gasteiger partial charge in [0, 0.05) is 24.5 Å². The van der Waals surface area contributed by atoms with Gasteiger partial charge >= 0.3 is 0 Å². The number of aromatic nitrogens is 1. The number of aliphatic imine (C=N–C) groups is 1. The Bertz CT molecular complexity index is 907. The van der Waals surface area contributed by atoms with E-state index in [4.69, 9.17) is 4.99 Å². The van der Waals surface area contributed by atoms with Gasteiger partial charge in [0.25, 0.3) is 0 Å². The Labute approximate surface area is 168 Å². The monoisotopic (exact) mass is 371 g/mol. The van der Waals surface area contributed by atoms with Gasteiger partial charge in [-0.3, -0.25) is 9.98 Å². The molecule has 0 spiro atoms. The maximum atomic E-state index is 5.10. The fourth-order valence-electron chi connectivity index (χ4n) is 5.06. The summed E-state index contributed by atoms with van der Waals surface area (Å²) in [6, 6.07) is 11.5. The van der Waals surface area contributed by atoms with Crippen LogP contribution in [0.2, 0.25) is 0 Å². The number of anilines is 1. The molecule has 0 saturated heterocycles. The molecule has 1 atom stereocenters. The maximum Gasteiger partial charge on any atom is 0.108 e. The highest BCUT2D eigenvalue weighted by Crippen LogP contribution is 2.41. The van der Waals surface area contributed by atoms with Gasteiger partial charge in [0.1, 0.15) is 5.84 Å². The van der Waals surface area contributed by atoms with Crippen LogP contribution in [0.5, 0.6) is 0 Å². The number of hydrogen-bond acceptors (Lipinski definition) is 3. The molecule has 2 aromatic rings. The molecule has 0 N–H and O–H groups in total. The number of pyridine rings is 1. The van der Waals surface area contributed by atoms with E-state index < -0.39 is 0 Å². The van der Waals surface area contributed by atoms with Crippen molar-refractivity contribution in [3.63, 3.8) is 0 Å². The number of allylic oxidation sites excluding steroid dienone is 1. The molecule has 1 aromatic heterocycles. The van der Waals surface area contributed by atoms with Crippen LogP contribution in [0, 0.1) is 5.92 Å². The average molecular weight is 372 g/mol. The van der Waals surface area contributed by atoms with Gasteiger partial charge in [0.05, 0.1) is 11.7 Å². The van der Waals surface area contributed by atoms with E-state index in [9.17, 15) is 0 Å². The minimum atomic E-state index is 0.384. The number of nitrogens with zero attached hydrogens (tertiary/aromatic N) is 3. The zero-order chi connectivity index (χ0) is 18.9. The van der Waals surface area contributed by atoms with Crippen molar-refractivity contribution in [3.05, 3.63) is 60.1 Å². The van der Waals surface area contributed by atoms with Crippen molar-refractivity contribution in [2.24, 2.45) is 10.9 Å². The Morgan fingerprint density at radius 2 is 1.89 bits per heavy atom. The second-order valence-electron chi connectivity index (χ2n) is 8.51. The Balaban J connectivity index is 1.57. The van der Waals surface area contributed by atoms with E-state index in [0.717, 1.165) is 19.3 Å². The molecule has 1 saturated carbocycles. The number of aryl methyl sites for hydroxylation is 1. The van der Waals surface area contributed by atoms with Crippen molar-refractivity contribution in [3.8, 4) is 11.1 Å². The number of rotatable bonds is 2. The van der Waals surface area contributed by atoms with Gasteiger partial charge in [-0.15, -0.1) is 0 Å². The van der Waals surface area contributed by atoms with Gasteiger partial charge in [-0.1, -0.05) is 37.5 Å². The van der Waals surface area contributed by atoms with Crippen LogP contribution in [0.1, 0.15) is 57.4 Å². The second-order valence-corrected chi connectivity index (χ2v) is 8.51. The van der Waals surface area contributed by atoms with Crippen LogP contribution in [0.4, 0.5) is 5.69 Å². The van der Waals surface area contributed by atoms with Gasteiger partial charge in [0.2, 0.25) is 0 Å². The van der Waals surface area contributed by atoms with E-state index in [1.807, 2.05) is 18.5 Å². The summed E-state index contributed by atoms with van der Waals surface area (Å²) in [7, 11) is 0. The molecule has 3 aliphatic rings. The summed E-state index contributed by atoms with van der Waals surface area (Å²) in [4.78, 5) is 11.9. The lowest BCUT2D eigenvalue weighted by Crippen LogP contribution is -2.37. The van der Waals surface area contributed by atoms with Crippen molar-refractivity contribution in [1.82, 2.24) is 4.98 Å². The second kappa shape index (κ2) is 7.54. The smallest absolute Gasteiger partial charge is 0.108 e.